The van der Waals surface area contributed by atoms with Crippen LogP contribution in [0.2, 0.25) is 0 Å². The van der Waals surface area contributed by atoms with Gasteiger partial charge in [-0.05, 0) is 53.6 Å². The minimum atomic E-state index is -0.784. The lowest BCUT2D eigenvalue weighted by atomic mass is 9.99. The van der Waals surface area contributed by atoms with E-state index in [4.69, 9.17) is 9.47 Å². The second-order valence-corrected chi connectivity index (χ2v) is 7.01. The molecule has 0 unspecified atom stereocenters. The Labute approximate surface area is 178 Å². The van der Waals surface area contributed by atoms with Crippen LogP contribution in [0.15, 0.2) is 60.2 Å². The zero-order valence-corrected chi connectivity index (χ0v) is 17.3. The van der Waals surface area contributed by atoms with Crippen LogP contribution < -0.4 is 19.7 Å². The summed E-state index contributed by atoms with van der Waals surface area (Å²) in [6, 6.07) is 15.3. The van der Waals surface area contributed by atoms with E-state index in [9.17, 15) is 14.4 Å². The zero-order valence-electron chi connectivity index (χ0n) is 17.3. The highest BCUT2D eigenvalue weighted by atomic mass is 16.5. The largest absolute Gasteiger partial charge is 0.497 e. The number of carbonyl (C=O) groups excluding carboxylic acids is 3. The van der Waals surface area contributed by atoms with Gasteiger partial charge in [0.1, 0.15) is 17.1 Å². The zero-order chi connectivity index (χ0) is 22.1. The Kier molecular flexibility index (Phi) is 5.17. The number of hydrogen-bond donors (Lipinski definition) is 1. The van der Waals surface area contributed by atoms with Gasteiger partial charge in [-0.3, -0.25) is 14.9 Å². The number of ether oxygens (including phenoxy) is 2. The summed E-state index contributed by atoms with van der Waals surface area (Å²) in [5, 5.41) is 3.88. The van der Waals surface area contributed by atoms with Crippen molar-refractivity contribution in [1.82, 2.24) is 5.32 Å². The Bertz CT molecular complexity index is 1260. The van der Waals surface area contributed by atoms with Crippen LogP contribution in [0, 0.1) is 6.92 Å². The molecular weight excluding hydrogens is 396 g/mol. The van der Waals surface area contributed by atoms with Crippen molar-refractivity contribution < 1.29 is 23.9 Å². The molecule has 156 valence electrons. The summed E-state index contributed by atoms with van der Waals surface area (Å²) in [5.41, 5.74) is 1.51. The van der Waals surface area contributed by atoms with E-state index in [1.807, 2.05) is 18.2 Å². The number of imide groups is 2. The van der Waals surface area contributed by atoms with Crippen molar-refractivity contribution in [3.63, 3.8) is 0 Å². The average Bonchev–Trinajstić information content (AvgIpc) is 2.77. The van der Waals surface area contributed by atoms with E-state index in [0.717, 1.165) is 21.2 Å². The maximum absolute atomic E-state index is 13.3. The van der Waals surface area contributed by atoms with E-state index in [1.165, 1.54) is 13.2 Å². The quantitative estimate of drug-likeness (QED) is 0.516. The Morgan fingerprint density at radius 3 is 2.39 bits per heavy atom. The molecule has 4 rings (SSSR count). The van der Waals surface area contributed by atoms with Crippen LogP contribution >= 0.6 is 0 Å². The molecule has 1 saturated heterocycles. The Balaban J connectivity index is 1.90. The van der Waals surface area contributed by atoms with Crippen LogP contribution in [0.4, 0.5) is 10.5 Å². The molecule has 1 aliphatic rings. The molecule has 7 nitrogen and oxygen atoms in total. The Morgan fingerprint density at radius 1 is 0.935 bits per heavy atom. The molecule has 0 bridgehead atoms. The third-order valence-corrected chi connectivity index (χ3v) is 5.20. The third kappa shape index (κ3) is 3.50. The number of benzene rings is 3. The molecule has 1 N–H and O–H groups in total. The second kappa shape index (κ2) is 7.95. The minimum absolute atomic E-state index is 0.170. The third-order valence-electron chi connectivity index (χ3n) is 5.20. The number of methoxy groups -OCH3 is 2. The predicted octanol–water partition coefficient (Wildman–Crippen LogP) is 3.83. The van der Waals surface area contributed by atoms with Gasteiger partial charge < -0.3 is 9.47 Å². The number of nitrogens with zero attached hydrogens (tertiary/aromatic N) is 1. The minimum Gasteiger partial charge on any atom is -0.497 e. The molecule has 1 aliphatic heterocycles. The SMILES string of the molecule is COc1ccc2ccc(OC)c(/C=C3\C(=O)NC(=O)N(c4ccccc4C)C3=O)c2c1. The molecule has 4 amide bonds. The van der Waals surface area contributed by atoms with Crippen LogP contribution in [-0.4, -0.2) is 32.1 Å². The predicted molar refractivity (Wildman–Crippen MR) is 117 cm³/mol. The van der Waals surface area contributed by atoms with Crippen LogP contribution in [0.3, 0.4) is 0 Å². The number of barbiturate groups is 1. The van der Waals surface area contributed by atoms with Gasteiger partial charge in [-0.2, -0.15) is 0 Å². The van der Waals surface area contributed by atoms with Crippen LogP contribution in [0.25, 0.3) is 16.8 Å². The standard InChI is InChI=1S/C24H20N2O5/c1-14-6-4-5-7-20(14)26-23(28)19(22(27)25-24(26)29)13-18-17-12-16(30-2)10-8-15(17)9-11-21(18)31-3/h4-13H,1-3H3,(H,25,27,29)/b19-13+. The number of urea groups is 1. The molecule has 0 aliphatic carbocycles. The molecule has 31 heavy (non-hydrogen) atoms. The number of carbonyl (C=O) groups is 3. The van der Waals surface area contributed by atoms with Crippen molar-refractivity contribution in [2.45, 2.75) is 6.92 Å². The summed E-state index contributed by atoms with van der Waals surface area (Å²) in [4.78, 5) is 39.4. The van der Waals surface area contributed by atoms with Gasteiger partial charge in [0.25, 0.3) is 11.8 Å². The number of hydrogen-bond acceptors (Lipinski definition) is 5. The summed E-state index contributed by atoms with van der Waals surface area (Å²) in [6.45, 7) is 1.79. The molecule has 0 saturated carbocycles. The number of anilines is 1. The van der Waals surface area contributed by atoms with Crippen molar-refractivity contribution in [3.05, 3.63) is 71.3 Å². The van der Waals surface area contributed by atoms with Crippen molar-refractivity contribution in [2.75, 3.05) is 19.1 Å². The van der Waals surface area contributed by atoms with Gasteiger partial charge in [0.15, 0.2) is 0 Å². The first-order valence-corrected chi connectivity index (χ1v) is 9.56. The summed E-state index contributed by atoms with van der Waals surface area (Å²) in [7, 11) is 3.07. The molecule has 3 aromatic carbocycles. The van der Waals surface area contributed by atoms with E-state index < -0.39 is 17.8 Å². The smallest absolute Gasteiger partial charge is 0.335 e. The van der Waals surface area contributed by atoms with Gasteiger partial charge >= 0.3 is 6.03 Å². The normalized spacial score (nSPS) is 15.4. The first kappa shape index (κ1) is 20.2. The summed E-state index contributed by atoms with van der Waals surface area (Å²) in [5.74, 6) is -0.364. The molecule has 0 spiro atoms. The number of rotatable bonds is 4. The van der Waals surface area contributed by atoms with Crippen molar-refractivity contribution in [1.29, 1.82) is 0 Å². The number of fused-ring (bicyclic) bond motifs is 1. The Hall–Kier alpha value is -4.13. The number of para-hydroxylation sites is 1. The van der Waals surface area contributed by atoms with Gasteiger partial charge in [-0.25, -0.2) is 9.69 Å². The second-order valence-electron chi connectivity index (χ2n) is 7.01. The average molecular weight is 416 g/mol. The summed E-state index contributed by atoms with van der Waals surface area (Å²) < 4.78 is 10.8. The number of nitrogens with one attached hydrogen (secondary N) is 1. The molecule has 0 atom stereocenters. The highest BCUT2D eigenvalue weighted by Gasteiger charge is 2.37. The van der Waals surface area contributed by atoms with Crippen LogP contribution in [0.5, 0.6) is 11.5 Å². The molecule has 1 heterocycles. The first-order chi connectivity index (χ1) is 14.9. The lowest BCUT2D eigenvalue weighted by Gasteiger charge is -2.27. The fourth-order valence-electron chi connectivity index (χ4n) is 3.59. The van der Waals surface area contributed by atoms with Crippen LogP contribution in [0.1, 0.15) is 11.1 Å². The van der Waals surface area contributed by atoms with Gasteiger partial charge in [-0.1, -0.05) is 30.3 Å². The Morgan fingerprint density at radius 2 is 1.68 bits per heavy atom. The van der Waals surface area contributed by atoms with E-state index in [2.05, 4.69) is 5.32 Å². The maximum Gasteiger partial charge on any atom is 0.335 e. The number of amides is 4. The van der Waals surface area contributed by atoms with Crippen molar-refractivity contribution in [3.8, 4) is 11.5 Å². The fourth-order valence-corrected chi connectivity index (χ4v) is 3.59. The van der Waals surface area contributed by atoms with Gasteiger partial charge in [-0.15, -0.1) is 0 Å². The molecule has 1 fully saturated rings. The number of aryl methyl sites for hydroxylation is 1. The fraction of sp³-hybridized carbons (Fsp3) is 0.125. The van der Waals surface area contributed by atoms with Crippen molar-refractivity contribution >= 4 is 40.4 Å². The highest BCUT2D eigenvalue weighted by Crippen LogP contribution is 2.34. The van der Waals surface area contributed by atoms with Crippen molar-refractivity contribution in [2.24, 2.45) is 0 Å². The molecular formula is C24H20N2O5. The summed E-state index contributed by atoms with van der Waals surface area (Å²) in [6.07, 6.45) is 1.45. The first-order valence-electron chi connectivity index (χ1n) is 9.56. The van der Waals surface area contributed by atoms with Gasteiger partial charge in [0.05, 0.1) is 19.9 Å². The summed E-state index contributed by atoms with van der Waals surface area (Å²) >= 11 is 0. The highest BCUT2D eigenvalue weighted by molar-refractivity contribution is 6.39. The van der Waals surface area contributed by atoms with Gasteiger partial charge in [0.2, 0.25) is 0 Å². The monoisotopic (exact) mass is 416 g/mol. The van der Waals surface area contributed by atoms with E-state index in [-0.39, 0.29) is 5.57 Å². The molecule has 0 aromatic heterocycles. The lowest BCUT2D eigenvalue weighted by Crippen LogP contribution is -2.54. The maximum atomic E-state index is 13.3. The van der Waals surface area contributed by atoms with E-state index >= 15 is 0 Å². The lowest BCUT2D eigenvalue weighted by molar-refractivity contribution is -0.122. The van der Waals surface area contributed by atoms with Crippen LogP contribution in [-0.2, 0) is 9.59 Å². The van der Waals surface area contributed by atoms with E-state index in [0.29, 0.717) is 22.7 Å². The van der Waals surface area contributed by atoms with E-state index in [1.54, 1.807) is 50.4 Å². The molecule has 0 radical (unpaired) electrons. The topological polar surface area (TPSA) is 84.9 Å². The molecule has 3 aromatic rings. The molecule has 7 heteroatoms. The van der Waals surface area contributed by atoms with Gasteiger partial charge in [0, 0.05) is 5.56 Å².